The van der Waals surface area contributed by atoms with E-state index in [-0.39, 0.29) is 35.4 Å². The SMILES string of the molecule is CCOC(=O)Nc1ccc(OC(=O)c2c(C)nn(Cc3ccc(F)cc3)c2Cl)cc1. The van der Waals surface area contributed by atoms with Crippen molar-refractivity contribution in [3.63, 3.8) is 0 Å². The number of amides is 1. The lowest BCUT2D eigenvalue weighted by Crippen LogP contribution is -2.13. The molecule has 0 radical (unpaired) electrons. The molecule has 0 saturated heterocycles. The van der Waals surface area contributed by atoms with Gasteiger partial charge >= 0.3 is 12.1 Å². The average molecular weight is 432 g/mol. The van der Waals surface area contributed by atoms with Gasteiger partial charge in [-0.1, -0.05) is 23.7 Å². The highest BCUT2D eigenvalue weighted by atomic mass is 35.5. The van der Waals surface area contributed by atoms with Gasteiger partial charge in [-0.25, -0.2) is 18.7 Å². The standard InChI is InChI=1S/C21H19ClFN3O4/c1-3-29-21(28)24-16-8-10-17(11-9-16)30-20(27)18-13(2)25-26(19(18)22)12-14-4-6-15(23)7-5-14/h4-11H,3,12H2,1-2H3,(H,24,28). The molecule has 0 aliphatic heterocycles. The summed E-state index contributed by atoms with van der Waals surface area (Å²) in [5, 5.41) is 6.95. The van der Waals surface area contributed by atoms with Crippen LogP contribution in [0.5, 0.6) is 5.75 Å². The normalized spacial score (nSPS) is 10.5. The number of esters is 1. The number of ether oxygens (including phenoxy) is 2. The number of hydrogen-bond acceptors (Lipinski definition) is 5. The smallest absolute Gasteiger partial charge is 0.411 e. The van der Waals surface area contributed by atoms with Gasteiger partial charge in [0.05, 0.1) is 18.8 Å². The van der Waals surface area contributed by atoms with Gasteiger partial charge in [0.25, 0.3) is 0 Å². The number of benzene rings is 2. The van der Waals surface area contributed by atoms with Crippen molar-refractivity contribution in [1.29, 1.82) is 0 Å². The highest BCUT2D eigenvalue weighted by Crippen LogP contribution is 2.24. The maximum absolute atomic E-state index is 13.1. The number of nitrogens with zero attached hydrogens (tertiary/aromatic N) is 2. The molecular weight excluding hydrogens is 413 g/mol. The first kappa shape index (κ1) is 21.3. The van der Waals surface area contributed by atoms with E-state index in [4.69, 9.17) is 21.1 Å². The van der Waals surface area contributed by atoms with E-state index in [1.54, 1.807) is 38.1 Å². The molecule has 1 aromatic heterocycles. The Morgan fingerprint density at radius 2 is 1.80 bits per heavy atom. The predicted octanol–water partition coefficient (Wildman–Crippen LogP) is 4.82. The molecule has 0 aliphatic carbocycles. The molecule has 0 bridgehead atoms. The zero-order chi connectivity index (χ0) is 21.7. The van der Waals surface area contributed by atoms with Crippen molar-refractivity contribution < 1.29 is 23.5 Å². The van der Waals surface area contributed by atoms with Crippen molar-refractivity contribution in [2.75, 3.05) is 11.9 Å². The first-order valence-electron chi connectivity index (χ1n) is 9.10. The number of rotatable bonds is 6. The molecule has 0 aliphatic rings. The molecule has 2 aromatic carbocycles. The highest BCUT2D eigenvalue weighted by molar-refractivity contribution is 6.32. The molecular formula is C21H19ClFN3O4. The molecule has 1 N–H and O–H groups in total. The van der Waals surface area contributed by atoms with Crippen LogP contribution in [0.1, 0.15) is 28.5 Å². The van der Waals surface area contributed by atoms with Crippen LogP contribution in [-0.2, 0) is 11.3 Å². The minimum Gasteiger partial charge on any atom is -0.450 e. The number of carbonyl (C=O) groups is 2. The van der Waals surface area contributed by atoms with E-state index in [0.717, 1.165) is 5.56 Å². The monoisotopic (exact) mass is 431 g/mol. The average Bonchev–Trinajstić information content (AvgIpc) is 2.98. The fourth-order valence-electron chi connectivity index (χ4n) is 2.70. The Balaban J connectivity index is 1.70. The first-order valence-corrected chi connectivity index (χ1v) is 9.48. The summed E-state index contributed by atoms with van der Waals surface area (Å²) < 4.78 is 24.7. The number of carbonyl (C=O) groups excluding carboxylic acids is 2. The van der Waals surface area contributed by atoms with Gasteiger partial charge in [0.15, 0.2) is 0 Å². The third-order valence-electron chi connectivity index (χ3n) is 4.10. The van der Waals surface area contributed by atoms with Gasteiger partial charge in [-0.05, 0) is 55.8 Å². The van der Waals surface area contributed by atoms with Crippen LogP contribution < -0.4 is 10.1 Å². The quantitative estimate of drug-likeness (QED) is 0.447. The summed E-state index contributed by atoms with van der Waals surface area (Å²) in [6.07, 6.45) is -0.571. The summed E-state index contributed by atoms with van der Waals surface area (Å²) in [7, 11) is 0. The van der Waals surface area contributed by atoms with Crippen molar-refractivity contribution in [3.05, 3.63) is 76.3 Å². The molecule has 3 aromatic rings. The van der Waals surface area contributed by atoms with Gasteiger partial charge in [0, 0.05) is 5.69 Å². The zero-order valence-electron chi connectivity index (χ0n) is 16.3. The number of nitrogens with one attached hydrogen (secondary N) is 1. The molecule has 0 atom stereocenters. The van der Waals surface area contributed by atoms with E-state index in [0.29, 0.717) is 11.4 Å². The summed E-state index contributed by atoms with van der Waals surface area (Å²) in [6.45, 7) is 3.89. The van der Waals surface area contributed by atoms with Crippen LogP contribution in [0, 0.1) is 12.7 Å². The van der Waals surface area contributed by atoms with Gasteiger partial charge in [-0.2, -0.15) is 5.10 Å². The molecule has 30 heavy (non-hydrogen) atoms. The third kappa shape index (κ3) is 5.15. The van der Waals surface area contributed by atoms with Crippen LogP contribution in [0.2, 0.25) is 5.15 Å². The lowest BCUT2D eigenvalue weighted by Gasteiger charge is -2.07. The fourth-order valence-corrected chi connectivity index (χ4v) is 3.01. The maximum Gasteiger partial charge on any atom is 0.411 e. The van der Waals surface area contributed by atoms with E-state index in [2.05, 4.69) is 10.4 Å². The summed E-state index contributed by atoms with van der Waals surface area (Å²) in [4.78, 5) is 24.0. The van der Waals surface area contributed by atoms with Crippen molar-refractivity contribution in [3.8, 4) is 5.75 Å². The van der Waals surface area contributed by atoms with Gasteiger partial charge in [-0.3, -0.25) is 5.32 Å². The van der Waals surface area contributed by atoms with Gasteiger partial charge < -0.3 is 9.47 Å². The van der Waals surface area contributed by atoms with E-state index in [9.17, 15) is 14.0 Å². The minimum absolute atomic E-state index is 0.127. The molecule has 0 spiro atoms. The molecule has 1 heterocycles. The van der Waals surface area contributed by atoms with Crippen molar-refractivity contribution >= 4 is 29.4 Å². The second kappa shape index (κ2) is 9.41. The number of halogens is 2. The number of aryl methyl sites for hydroxylation is 1. The van der Waals surface area contributed by atoms with Crippen LogP contribution in [0.25, 0.3) is 0 Å². The number of hydrogen-bond donors (Lipinski definition) is 1. The largest absolute Gasteiger partial charge is 0.450 e. The van der Waals surface area contributed by atoms with Crippen molar-refractivity contribution in [2.45, 2.75) is 20.4 Å². The second-order valence-corrected chi connectivity index (χ2v) is 6.65. The summed E-state index contributed by atoms with van der Waals surface area (Å²) >= 11 is 6.35. The lowest BCUT2D eigenvalue weighted by atomic mass is 10.2. The predicted molar refractivity (Wildman–Crippen MR) is 110 cm³/mol. The Labute approximate surface area is 177 Å². The Morgan fingerprint density at radius 3 is 2.43 bits per heavy atom. The van der Waals surface area contributed by atoms with Gasteiger partial charge in [-0.15, -0.1) is 0 Å². The molecule has 9 heteroatoms. The molecule has 0 unspecified atom stereocenters. The molecule has 7 nitrogen and oxygen atoms in total. The molecule has 0 fully saturated rings. The summed E-state index contributed by atoms with van der Waals surface area (Å²) in [5.74, 6) is -0.723. The third-order valence-corrected chi connectivity index (χ3v) is 4.49. The van der Waals surface area contributed by atoms with Crippen molar-refractivity contribution in [2.24, 2.45) is 0 Å². The van der Waals surface area contributed by atoms with Crippen LogP contribution in [0.4, 0.5) is 14.9 Å². The zero-order valence-corrected chi connectivity index (χ0v) is 17.1. The van der Waals surface area contributed by atoms with Crippen LogP contribution in [-0.4, -0.2) is 28.4 Å². The Morgan fingerprint density at radius 1 is 1.13 bits per heavy atom. The summed E-state index contributed by atoms with van der Waals surface area (Å²) in [6, 6.07) is 12.1. The van der Waals surface area contributed by atoms with E-state index in [1.807, 2.05) is 0 Å². The fraction of sp³-hybridized carbons (Fsp3) is 0.190. The Hall–Kier alpha value is -3.39. The number of anilines is 1. The second-order valence-electron chi connectivity index (χ2n) is 6.29. The van der Waals surface area contributed by atoms with Crippen LogP contribution in [0.15, 0.2) is 48.5 Å². The molecule has 1 amide bonds. The molecule has 3 rings (SSSR count). The van der Waals surface area contributed by atoms with Gasteiger partial charge in [0.1, 0.15) is 22.3 Å². The highest BCUT2D eigenvalue weighted by Gasteiger charge is 2.22. The van der Waals surface area contributed by atoms with Gasteiger partial charge in [0.2, 0.25) is 0 Å². The lowest BCUT2D eigenvalue weighted by molar-refractivity contribution is 0.0734. The van der Waals surface area contributed by atoms with E-state index >= 15 is 0 Å². The molecule has 156 valence electrons. The Bertz CT molecular complexity index is 1050. The summed E-state index contributed by atoms with van der Waals surface area (Å²) in [5.41, 5.74) is 1.83. The number of aromatic nitrogens is 2. The maximum atomic E-state index is 13.1. The Kier molecular flexibility index (Phi) is 6.68. The van der Waals surface area contributed by atoms with Crippen molar-refractivity contribution in [1.82, 2.24) is 9.78 Å². The van der Waals surface area contributed by atoms with Crippen LogP contribution in [0.3, 0.4) is 0 Å². The first-order chi connectivity index (χ1) is 14.4. The minimum atomic E-state index is -0.658. The van der Waals surface area contributed by atoms with E-state index < -0.39 is 12.1 Å². The molecule has 0 saturated carbocycles. The van der Waals surface area contributed by atoms with Crippen LogP contribution >= 0.6 is 11.6 Å². The van der Waals surface area contributed by atoms with E-state index in [1.165, 1.54) is 28.9 Å². The topological polar surface area (TPSA) is 82.4 Å².